The molecule has 0 fully saturated rings. The highest BCUT2D eigenvalue weighted by molar-refractivity contribution is 4.83. The van der Waals surface area contributed by atoms with Gasteiger partial charge in [0.15, 0.2) is 8.86 Å². The standard InChI is InChI=1S/C4H6I/c1-2-4-5-3-1/h1-2H,3-4H2/q+1. The maximum Gasteiger partial charge on any atom is 0.277 e. The lowest BCUT2D eigenvalue weighted by Crippen LogP contribution is -3.62. The highest BCUT2D eigenvalue weighted by Gasteiger charge is 2.04. The van der Waals surface area contributed by atoms with E-state index in [-0.39, 0.29) is 0 Å². The van der Waals surface area contributed by atoms with Crippen molar-refractivity contribution < 1.29 is 21.2 Å². The second-order valence-corrected chi connectivity index (χ2v) is 3.81. The van der Waals surface area contributed by atoms with Crippen LogP contribution < -0.4 is 21.2 Å². The quantitative estimate of drug-likeness (QED) is 0.223. The van der Waals surface area contributed by atoms with Crippen molar-refractivity contribution in [2.45, 2.75) is 0 Å². The average molecular weight is 181 g/mol. The monoisotopic (exact) mass is 181 g/mol. The van der Waals surface area contributed by atoms with Gasteiger partial charge >= 0.3 is 0 Å². The first-order valence-corrected chi connectivity index (χ1v) is 4.74. The third-order valence-electron chi connectivity index (χ3n) is 0.563. The molecule has 28 valence electrons. The molecule has 0 nitrogen and oxygen atoms in total. The van der Waals surface area contributed by atoms with Gasteiger partial charge in [0.2, 0.25) is 0 Å². The smallest absolute Gasteiger partial charge is 0.0369 e. The summed E-state index contributed by atoms with van der Waals surface area (Å²) in [6, 6.07) is 0. The van der Waals surface area contributed by atoms with Crippen molar-refractivity contribution in [1.29, 1.82) is 0 Å². The third-order valence-corrected chi connectivity index (χ3v) is 2.83. The summed E-state index contributed by atoms with van der Waals surface area (Å²) in [5.74, 6) is 0. The molecule has 0 spiro atoms. The van der Waals surface area contributed by atoms with E-state index in [0.29, 0.717) is 21.2 Å². The van der Waals surface area contributed by atoms with Gasteiger partial charge in [-0.2, -0.15) is 0 Å². The maximum absolute atomic E-state index is 2.28. The Morgan fingerprint density at radius 3 is 2.00 bits per heavy atom. The van der Waals surface area contributed by atoms with E-state index in [9.17, 15) is 0 Å². The first kappa shape index (κ1) is 3.65. The van der Waals surface area contributed by atoms with Crippen LogP contribution in [0.1, 0.15) is 0 Å². The Morgan fingerprint density at radius 2 is 1.80 bits per heavy atom. The first-order valence-electron chi connectivity index (χ1n) is 1.68. The fourth-order valence-electron chi connectivity index (χ4n) is 0.315. The molecule has 0 N–H and O–H groups in total. The SMILES string of the molecule is C1=CC[I+]C1. The van der Waals surface area contributed by atoms with Gasteiger partial charge in [0, 0.05) is 0 Å². The molecule has 1 heterocycles. The molecule has 1 rings (SSSR count). The van der Waals surface area contributed by atoms with Gasteiger partial charge in [-0.25, -0.2) is 0 Å². The molecular formula is C4H6I+. The van der Waals surface area contributed by atoms with Crippen molar-refractivity contribution in [1.82, 2.24) is 0 Å². The van der Waals surface area contributed by atoms with Gasteiger partial charge in [0.1, 0.15) is 0 Å². The highest BCUT2D eigenvalue weighted by Crippen LogP contribution is 1.60. The number of hydrogen-bond acceptors (Lipinski definition) is 0. The number of hydrogen-bond donors (Lipinski definition) is 0. The van der Waals surface area contributed by atoms with E-state index in [0.717, 1.165) is 0 Å². The topological polar surface area (TPSA) is 0 Å². The van der Waals surface area contributed by atoms with Gasteiger partial charge < -0.3 is 0 Å². The van der Waals surface area contributed by atoms with Crippen molar-refractivity contribution in [2.24, 2.45) is 0 Å². The zero-order chi connectivity index (χ0) is 3.54. The molecule has 0 radical (unpaired) electrons. The fraction of sp³-hybridized carbons (Fsp3) is 0.500. The number of rotatable bonds is 0. The zero-order valence-corrected chi connectivity index (χ0v) is 5.10. The minimum Gasteiger partial charge on any atom is -0.0369 e. The van der Waals surface area contributed by atoms with E-state index < -0.39 is 0 Å². The summed E-state index contributed by atoms with van der Waals surface area (Å²) >= 11 is 0.631. The lowest BCUT2D eigenvalue weighted by molar-refractivity contribution is -0.629. The van der Waals surface area contributed by atoms with Gasteiger partial charge in [-0.1, -0.05) is 0 Å². The summed E-state index contributed by atoms with van der Waals surface area (Å²) in [6.07, 6.45) is 4.57. The van der Waals surface area contributed by atoms with Gasteiger partial charge in [-0.15, -0.1) is 0 Å². The molecule has 5 heavy (non-hydrogen) atoms. The minimum atomic E-state index is 0.631. The number of alkyl halides is 2. The largest absolute Gasteiger partial charge is 0.277 e. The predicted octanol–water partition coefficient (Wildman–Crippen LogP) is -2.35. The fourth-order valence-corrected chi connectivity index (χ4v) is 2.11. The van der Waals surface area contributed by atoms with Crippen LogP contribution in [0.3, 0.4) is 0 Å². The van der Waals surface area contributed by atoms with E-state index in [1.165, 1.54) is 8.86 Å². The molecular weight excluding hydrogens is 175 g/mol. The maximum atomic E-state index is 2.28. The van der Waals surface area contributed by atoms with E-state index in [4.69, 9.17) is 0 Å². The molecule has 0 atom stereocenters. The van der Waals surface area contributed by atoms with E-state index >= 15 is 0 Å². The van der Waals surface area contributed by atoms with Crippen LogP contribution in [0.25, 0.3) is 0 Å². The number of halogens is 1. The second-order valence-electron chi connectivity index (χ2n) is 0.969. The van der Waals surface area contributed by atoms with Crippen LogP contribution in [0.15, 0.2) is 12.2 Å². The van der Waals surface area contributed by atoms with E-state index in [2.05, 4.69) is 12.2 Å². The molecule has 1 heteroatoms. The Kier molecular flexibility index (Phi) is 1.31. The molecule has 0 aromatic heterocycles. The summed E-state index contributed by atoms with van der Waals surface area (Å²) in [7, 11) is 0. The molecule has 0 amide bonds. The summed E-state index contributed by atoms with van der Waals surface area (Å²) in [4.78, 5) is 0. The molecule has 0 saturated carbocycles. The van der Waals surface area contributed by atoms with Crippen LogP contribution in [0.4, 0.5) is 0 Å². The molecule has 0 aromatic carbocycles. The Bertz CT molecular complexity index is 41.6. The molecule has 0 unspecified atom stereocenters. The summed E-state index contributed by atoms with van der Waals surface area (Å²) < 4.78 is 2.86. The Balaban J connectivity index is 2.32. The van der Waals surface area contributed by atoms with Crippen molar-refractivity contribution >= 4 is 0 Å². The van der Waals surface area contributed by atoms with Crippen LogP contribution in [0, 0.1) is 0 Å². The average Bonchev–Trinajstić information content (AvgIpc) is 1.76. The lowest BCUT2D eigenvalue weighted by Gasteiger charge is -1.46. The van der Waals surface area contributed by atoms with Crippen LogP contribution in [0.2, 0.25) is 0 Å². The van der Waals surface area contributed by atoms with E-state index in [1.807, 2.05) is 0 Å². The van der Waals surface area contributed by atoms with Gasteiger partial charge in [-0.05, 0) is 12.2 Å². The zero-order valence-electron chi connectivity index (χ0n) is 2.95. The predicted molar refractivity (Wildman–Crippen MR) is 18.9 cm³/mol. The molecule has 0 aliphatic carbocycles. The van der Waals surface area contributed by atoms with Crippen LogP contribution in [0.5, 0.6) is 0 Å². The normalized spacial score (nSPS) is 20.8. The van der Waals surface area contributed by atoms with Crippen molar-refractivity contribution in [3.05, 3.63) is 12.2 Å². The molecule has 1 aliphatic heterocycles. The number of allylic oxidation sites excluding steroid dienone is 2. The minimum absolute atomic E-state index is 0.631. The second kappa shape index (κ2) is 1.80. The third kappa shape index (κ3) is 0.911. The van der Waals surface area contributed by atoms with Crippen LogP contribution in [-0.4, -0.2) is 8.86 Å². The lowest BCUT2D eigenvalue weighted by atomic mass is 10.6. The van der Waals surface area contributed by atoms with Gasteiger partial charge in [0.25, 0.3) is 21.2 Å². The first-order chi connectivity index (χ1) is 2.50. The van der Waals surface area contributed by atoms with Crippen molar-refractivity contribution in [3.8, 4) is 0 Å². The summed E-state index contributed by atoms with van der Waals surface area (Å²) in [5, 5.41) is 0. The molecule has 0 aromatic rings. The van der Waals surface area contributed by atoms with Crippen molar-refractivity contribution in [2.75, 3.05) is 8.86 Å². The molecule has 0 bridgehead atoms. The van der Waals surface area contributed by atoms with Crippen LogP contribution >= 0.6 is 0 Å². The van der Waals surface area contributed by atoms with E-state index in [1.54, 1.807) is 0 Å². The van der Waals surface area contributed by atoms with Crippen LogP contribution in [-0.2, 0) is 0 Å². The van der Waals surface area contributed by atoms with Crippen molar-refractivity contribution in [3.63, 3.8) is 0 Å². The highest BCUT2D eigenvalue weighted by atomic mass is 127. The molecule has 1 aliphatic rings. The summed E-state index contributed by atoms with van der Waals surface area (Å²) in [5.41, 5.74) is 0. The molecule has 0 saturated heterocycles. The Labute approximate surface area is 42.5 Å². The summed E-state index contributed by atoms with van der Waals surface area (Å²) in [6.45, 7) is 0. The van der Waals surface area contributed by atoms with Gasteiger partial charge in [0.05, 0.1) is 0 Å². The van der Waals surface area contributed by atoms with Gasteiger partial charge in [-0.3, -0.25) is 0 Å². The Morgan fingerprint density at radius 1 is 1.20 bits per heavy atom. The Hall–Kier alpha value is 0.470.